The van der Waals surface area contributed by atoms with Crippen LogP contribution < -0.4 is 22.9 Å². The number of aryl methyl sites for hydroxylation is 3. The average molecular weight is 1860 g/mol. The molecule has 0 saturated heterocycles. The van der Waals surface area contributed by atoms with E-state index in [0.717, 1.165) is 43.8 Å². The van der Waals surface area contributed by atoms with Gasteiger partial charge in [0.25, 0.3) is 11.5 Å². The lowest BCUT2D eigenvalue weighted by molar-refractivity contribution is -0.101. The molecule has 1 amide bonds. The fraction of sp³-hybridized carbons (Fsp3) is 0.214. The smallest absolute Gasteiger partial charge is 0.339 e. The number of hydrogen-bond acceptors (Lipinski definition) is 27. The molecule has 124 heavy (non-hydrogen) atoms. The van der Waals surface area contributed by atoms with Crippen molar-refractivity contribution in [3.63, 3.8) is 0 Å². The summed E-state index contributed by atoms with van der Waals surface area (Å²) in [7, 11) is 0.990. The normalized spacial score (nSPS) is 9.78. The van der Waals surface area contributed by atoms with Crippen molar-refractivity contribution in [1.82, 2.24) is 59.8 Å². The van der Waals surface area contributed by atoms with Crippen molar-refractivity contribution >= 4 is 153 Å². The number of benzene rings is 1. The highest BCUT2D eigenvalue weighted by molar-refractivity contribution is 8.24. The number of aromatic nitrogens is 12. The van der Waals surface area contributed by atoms with Gasteiger partial charge in [0.05, 0.1) is 61.1 Å². The van der Waals surface area contributed by atoms with Gasteiger partial charge in [-0.05, 0) is 205 Å². The van der Waals surface area contributed by atoms with E-state index in [2.05, 4.69) is 175 Å². The first-order valence-corrected chi connectivity index (χ1v) is 45.8. The summed E-state index contributed by atoms with van der Waals surface area (Å²) in [5.41, 5.74) is 31.6. The summed E-state index contributed by atoms with van der Waals surface area (Å²) in [5.74, 6) is 10.4. The Morgan fingerprint density at radius 2 is 0.984 bits per heavy atom. The summed E-state index contributed by atoms with van der Waals surface area (Å²) in [6, 6.07) is 45.0. The maximum atomic E-state index is 11.4. The summed E-state index contributed by atoms with van der Waals surface area (Å²) in [6.07, 6.45) is 25.9. The van der Waals surface area contributed by atoms with Gasteiger partial charge in [0.2, 0.25) is 0 Å². The standard InChI is InChI=1S/C11H12N2Si.C10H14N2O3.C10H12N2O2.C9H13NO3S.C8H5ClN2.C8H5N5.C8H7N3.C8H6N2O.C6H3ClN2.C3H4.CH3Cl.2CH4.Cl3OP/c1-14(2,3)8-6-11-10(9-12)5-4-7-13-11;1-14-9(15-2)6-8-7(10(11)13)4-3-5-12-8;1-13-10(14-2)6-9-8(7-11)4-3-5-12-9;1-6-4-7(2)9(8(3)5-6)14(11,12)13-10;9-8-6-2-1-4-10-7(6)3-5-11-8;9-13-12-8-6-2-1-4-10-7(6)3-5-11-8;9-8-6-2-1-4-10-7(6)3-5-11-8;11-8-6-2-1-4-9-7(6)3-5-10-8;7-6-5(4-8)2-1-3-9-6;1-3-2;1-2;;;1-5(2,3)4/h4-5,7H,1-3H3;3-5,9H,6H2,1-2H3,(H2,11,13);3-5,10H,6H2,1-2H3;4-5H,10H2,1-3H3;1-5H;1-5H;1-5H,(H2,9,11);1-5H,(H,10,11);1-3H;1H,2H3;1H3;2*1H4;. The number of amides is 1. The van der Waals surface area contributed by atoms with Crippen LogP contribution in [0, 0.1) is 78.6 Å². The SMILES string of the molecule is C.C.C#CC.CCl.COC(Cc1ncccc1C#N)OC.COC(Cc1ncccc1C(N)=O)OC.C[Si](C)(C)C#Cc1ncccc1C#N.Cc1cc(C)c(S(=O)(=O)ON)c(C)c1.Clc1nccc2ncccc12.N#Cc1cccnc1Cl.Nc1nccc2ncccc12.O=P(Cl)(Cl)Cl.O=c1[nH]ccc2ncccc12.[N-]=[N+]=Nc1nccc2ncccc12. The van der Waals surface area contributed by atoms with E-state index in [9.17, 15) is 22.6 Å². The van der Waals surface area contributed by atoms with Gasteiger partial charge in [-0.1, -0.05) is 81.3 Å². The number of nitrogens with zero attached hydrogens (tertiary/aromatic N) is 17. The number of nitrogens with two attached hydrogens (primary N) is 3. The number of primary amides is 1. The first-order chi connectivity index (χ1) is 58.2. The van der Waals surface area contributed by atoms with Crippen LogP contribution in [-0.2, 0) is 50.8 Å². The lowest BCUT2D eigenvalue weighted by Crippen LogP contribution is -2.21. The Hall–Kier alpha value is -12.1. The molecule has 0 bridgehead atoms. The third-order valence-electron chi connectivity index (χ3n) is 14.5. The molecule has 13 rings (SSSR count). The number of carbonyl (C=O) groups excluding carboxylic acids is 1. The molecule has 7 N–H and O–H groups in total. The zero-order valence-corrected chi connectivity index (χ0v) is 75.1. The average Bonchev–Trinajstić information content (AvgIpc) is 0.804. The van der Waals surface area contributed by atoms with Crippen LogP contribution in [0.3, 0.4) is 0 Å². The number of fused-ring (bicyclic) bond motifs is 4. The number of terminal acetylenes is 1. The first-order valence-electron chi connectivity index (χ1n) is 34.9. The van der Waals surface area contributed by atoms with Gasteiger partial charge >= 0.3 is 15.3 Å². The third kappa shape index (κ3) is 42.1. The molecule has 0 unspecified atom stereocenters. The quantitative estimate of drug-likeness (QED) is 0.00843. The van der Waals surface area contributed by atoms with Crippen molar-refractivity contribution in [2.75, 3.05) is 40.6 Å². The Kier molecular flexibility index (Phi) is 55.3. The van der Waals surface area contributed by atoms with Gasteiger partial charge in [-0.15, -0.1) is 29.5 Å². The third-order valence-corrected chi connectivity index (χ3v) is 17.4. The summed E-state index contributed by atoms with van der Waals surface area (Å²) in [6.45, 7) is 13.5. The zero-order chi connectivity index (χ0) is 91.2. The molecular formula is C84H92Cl6N21O10PSSi. The molecule has 12 aromatic heterocycles. The molecular weight excluding hydrogens is 1770 g/mol. The molecule has 650 valence electrons. The van der Waals surface area contributed by atoms with Crippen molar-refractivity contribution in [3.8, 4) is 42.0 Å². The molecule has 0 aliphatic heterocycles. The zero-order valence-electron chi connectivity index (χ0n) is 67.8. The molecule has 0 aliphatic carbocycles. The van der Waals surface area contributed by atoms with Crippen LogP contribution in [-0.4, -0.2) is 130 Å². The number of alkyl halides is 1. The summed E-state index contributed by atoms with van der Waals surface area (Å²) in [4.78, 5) is 71.7. The fourth-order valence-electron chi connectivity index (χ4n) is 9.41. The van der Waals surface area contributed by atoms with Crippen molar-refractivity contribution in [1.29, 1.82) is 15.8 Å². The number of hydrogen-bond donors (Lipinski definition) is 4. The van der Waals surface area contributed by atoms with Gasteiger partial charge in [0, 0.05) is 143 Å². The second-order valence-electron chi connectivity index (χ2n) is 24.2. The van der Waals surface area contributed by atoms with Crippen molar-refractivity contribution in [2.24, 2.45) is 16.7 Å². The highest BCUT2D eigenvalue weighted by Gasteiger charge is 2.20. The Morgan fingerprint density at radius 1 is 0.589 bits per heavy atom. The van der Waals surface area contributed by atoms with Crippen LogP contribution in [0.25, 0.3) is 54.1 Å². The van der Waals surface area contributed by atoms with Crippen molar-refractivity contribution in [2.45, 2.75) is 92.5 Å². The maximum absolute atomic E-state index is 11.4. The van der Waals surface area contributed by atoms with E-state index in [-0.39, 0.29) is 36.8 Å². The Labute approximate surface area is 751 Å². The van der Waals surface area contributed by atoms with Crippen LogP contribution in [0.4, 0.5) is 11.6 Å². The van der Waals surface area contributed by atoms with Crippen molar-refractivity contribution < 1.29 is 41.0 Å². The molecule has 31 nitrogen and oxygen atoms in total. The Balaban J connectivity index is 0.00000135. The molecule has 0 saturated carbocycles. The number of aromatic amines is 1. The maximum Gasteiger partial charge on any atom is 0.339 e. The highest BCUT2D eigenvalue weighted by atomic mass is 36.0. The van der Waals surface area contributed by atoms with Gasteiger partial charge < -0.3 is 35.4 Å². The molecule has 0 spiro atoms. The van der Waals surface area contributed by atoms with E-state index >= 15 is 0 Å². The number of rotatable bonds is 12. The predicted octanol–water partition coefficient (Wildman–Crippen LogP) is 19.0. The molecule has 13 aromatic rings. The Bertz CT molecular complexity index is 5910. The first kappa shape index (κ1) is 112. The van der Waals surface area contributed by atoms with Crippen molar-refractivity contribution in [3.05, 3.63) is 295 Å². The highest BCUT2D eigenvalue weighted by Crippen LogP contribution is 2.61. The predicted molar refractivity (Wildman–Crippen MR) is 495 cm³/mol. The van der Waals surface area contributed by atoms with Crippen LogP contribution in [0.15, 0.2) is 223 Å². The minimum atomic E-state index is -3.80. The van der Waals surface area contributed by atoms with Crippen LogP contribution in [0.5, 0.6) is 0 Å². The number of anilines is 1. The number of nitrogen functional groups attached to an aromatic ring is 1. The van der Waals surface area contributed by atoms with Crippen LogP contribution in [0.2, 0.25) is 29.9 Å². The van der Waals surface area contributed by atoms with Gasteiger partial charge in [-0.2, -0.15) is 34.4 Å². The van der Waals surface area contributed by atoms with Crippen LogP contribution in [0.1, 0.15) is 82.6 Å². The van der Waals surface area contributed by atoms with E-state index in [1.54, 1.807) is 200 Å². The number of nitriles is 3. The fourth-order valence-corrected chi connectivity index (χ4v) is 11.3. The number of pyridine rings is 12. The molecule has 0 aliphatic rings. The minimum absolute atomic E-state index is 0. The van der Waals surface area contributed by atoms with E-state index in [1.165, 1.54) is 20.6 Å². The van der Waals surface area contributed by atoms with E-state index in [1.807, 2.05) is 55.5 Å². The van der Waals surface area contributed by atoms with Gasteiger partial charge in [-0.25, -0.2) is 19.9 Å². The lowest BCUT2D eigenvalue weighted by Gasteiger charge is -2.13. The number of halogens is 6. The van der Waals surface area contributed by atoms with Gasteiger partial charge in [0.15, 0.2) is 12.6 Å². The monoisotopic (exact) mass is 1860 g/mol. The molecule has 40 heteroatoms. The largest absolute Gasteiger partial charge is 0.383 e. The van der Waals surface area contributed by atoms with E-state index in [0.29, 0.717) is 85.5 Å². The molecule has 12 heterocycles. The minimum Gasteiger partial charge on any atom is -0.383 e. The summed E-state index contributed by atoms with van der Waals surface area (Å²) < 4.78 is 56.4. The second-order valence-corrected chi connectivity index (χ2v) is 37.8. The van der Waals surface area contributed by atoms with E-state index in [4.69, 9.17) is 80.8 Å². The molecule has 0 radical (unpaired) electrons. The second kappa shape index (κ2) is 61.3. The number of H-pyrrole nitrogens is 1. The van der Waals surface area contributed by atoms with Crippen LogP contribution >= 0.6 is 73.7 Å². The van der Waals surface area contributed by atoms with Gasteiger partial charge in [-0.3, -0.25) is 49.0 Å². The molecule has 1 aromatic carbocycles. The topological polar surface area (TPSA) is 487 Å². The summed E-state index contributed by atoms with van der Waals surface area (Å²) >= 11 is 29.8. The number of nitrogens with one attached hydrogen (secondary N) is 1. The Morgan fingerprint density at radius 3 is 1.44 bits per heavy atom. The van der Waals surface area contributed by atoms with E-state index < -0.39 is 35.6 Å². The number of ether oxygens (including phenoxy) is 4. The molecule has 0 atom stereocenters. The number of azide groups is 1. The molecule has 0 fully saturated rings. The lowest BCUT2D eigenvalue weighted by atomic mass is 10.1. The summed E-state index contributed by atoms with van der Waals surface area (Å²) in [5, 5.41) is 30.2. The number of methoxy groups -OCH3 is 4. The number of carbonyl (C=O) groups is 1. The van der Waals surface area contributed by atoms with Gasteiger partial charge in [0.1, 0.15) is 58.8 Å².